The van der Waals surface area contributed by atoms with Crippen molar-refractivity contribution in [3.8, 4) is 0 Å². The number of hydrazone groups is 1. The van der Waals surface area contributed by atoms with Crippen LogP contribution < -0.4 is 10.7 Å². The van der Waals surface area contributed by atoms with Gasteiger partial charge >= 0.3 is 0 Å². The molecule has 2 atom stereocenters. The molecule has 3 nitrogen and oxygen atoms in total. The first-order valence-corrected chi connectivity index (χ1v) is 7.05. The fourth-order valence-electron chi connectivity index (χ4n) is 2.41. The second-order valence-electron chi connectivity index (χ2n) is 5.31. The lowest BCUT2D eigenvalue weighted by atomic mass is 9.76. The molecule has 1 rings (SSSR count). The molecule has 1 aliphatic carbocycles. The van der Waals surface area contributed by atoms with E-state index in [2.05, 4.69) is 36.6 Å². The predicted octanol–water partition coefficient (Wildman–Crippen LogP) is 2.92. The Balaban J connectivity index is 2.62. The molecule has 4 heteroatoms. The second kappa shape index (κ2) is 6.94. The van der Waals surface area contributed by atoms with Crippen LogP contribution in [0.2, 0.25) is 0 Å². The molecule has 0 spiro atoms. The summed E-state index contributed by atoms with van der Waals surface area (Å²) in [5.74, 6) is 2.03. The lowest BCUT2D eigenvalue weighted by Gasteiger charge is -2.30. The van der Waals surface area contributed by atoms with Crippen molar-refractivity contribution in [3.63, 3.8) is 0 Å². The Labute approximate surface area is 110 Å². The van der Waals surface area contributed by atoms with Crippen LogP contribution in [-0.2, 0) is 0 Å². The number of thiocarbonyl (C=S) groups is 1. The summed E-state index contributed by atoms with van der Waals surface area (Å²) in [6.45, 7) is 9.72. The van der Waals surface area contributed by atoms with Crippen molar-refractivity contribution in [3.05, 3.63) is 0 Å². The standard InChI is InChI=1S/C13H25N3S/c1-5-14-13(17)16-15-12-8-10(4)6-7-11(12)9(2)3/h9-11H,5-8H2,1-4H3,(H2,14,16,17)/b15-12-/t10-,11+/m1/s1. The van der Waals surface area contributed by atoms with E-state index in [1.54, 1.807) is 0 Å². The molecule has 17 heavy (non-hydrogen) atoms. The van der Waals surface area contributed by atoms with Gasteiger partial charge in [0.1, 0.15) is 0 Å². The Kier molecular flexibility index (Phi) is 5.89. The molecule has 0 saturated heterocycles. The summed E-state index contributed by atoms with van der Waals surface area (Å²) < 4.78 is 0. The van der Waals surface area contributed by atoms with Gasteiger partial charge in [-0.1, -0.05) is 20.8 Å². The molecule has 0 heterocycles. The van der Waals surface area contributed by atoms with Gasteiger partial charge < -0.3 is 5.32 Å². The average molecular weight is 255 g/mol. The molecule has 0 aromatic heterocycles. The van der Waals surface area contributed by atoms with Crippen LogP contribution in [0.5, 0.6) is 0 Å². The summed E-state index contributed by atoms with van der Waals surface area (Å²) in [6, 6.07) is 0. The first-order valence-electron chi connectivity index (χ1n) is 6.64. The number of hydrogen-bond donors (Lipinski definition) is 2. The highest BCUT2D eigenvalue weighted by Gasteiger charge is 2.27. The molecule has 0 bridgehead atoms. The van der Waals surface area contributed by atoms with Gasteiger partial charge in [0.25, 0.3) is 0 Å². The van der Waals surface area contributed by atoms with E-state index < -0.39 is 0 Å². The molecule has 0 aromatic rings. The first-order chi connectivity index (χ1) is 8.04. The van der Waals surface area contributed by atoms with Gasteiger partial charge in [-0.25, -0.2) is 0 Å². The predicted molar refractivity (Wildman–Crippen MR) is 78.2 cm³/mol. The first kappa shape index (κ1) is 14.4. The van der Waals surface area contributed by atoms with Crippen molar-refractivity contribution >= 4 is 23.0 Å². The smallest absolute Gasteiger partial charge is 0.186 e. The van der Waals surface area contributed by atoms with Gasteiger partial charge in [-0.05, 0) is 50.2 Å². The van der Waals surface area contributed by atoms with Gasteiger partial charge in [0, 0.05) is 18.2 Å². The minimum absolute atomic E-state index is 0.614. The Morgan fingerprint density at radius 2 is 2.18 bits per heavy atom. The number of nitrogens with one attached hydrogen (secondary N) is 2. The third kappa shape index (κ3) is 4.62. The fourth-order valence-corrected chi connectivity index (χ4v) is 2.60. The van der Waals surface area contributed by atoms with Crippen LogP contribution in [0.1, 0.15) is 47.0 Å². The summed E-state index contributed by atoms with van der Waals surface area (Å²) in [4.78, 5) is 0. The largest absolute Gasteiger partial charge is 0.362 e. The van der Waals surface area contributed by atoms with E-state index in [9.17, 15) is 0 Å². The Bertz CT molecular complexity index is 286. The quantitative estimate of drug-likeness (QED) is 0.601. The highest BCUT2D eigenvalue weighted by atomic mass is 32.1. The summed E-state index contributed by atoms with van der Waals surface area (Å²) in [5, 5.41) is 8.20. The summed E-state index contributed by atoms with van der Waals surface area (Å²) in [6.07, 6.45) is 3.68. The molecule has 0 amide bonds. The average Bonchev–Trinajstić information content (AvgIpc) is 2.26. The highest BCUT2D eigenvalue weighted by Crippen LogP contribution is 2.31. The monoisotopic (exact) mass is 255 g/mol. The molecular weight excluding hydrogens is 230 g/mol. The van der Waals surface area contributed by atoms with E-state index in [0.29, 0.717) is 16.9 Å². The lowest BCUT2D eigenvalue weighted by molar-refractivity contribution is 0.363. The Hall–Kier alpha value is -0.640. The topological polar surface area (TPSA) is 36.4 Å². The molecule has 2 N–H and O–H groups in total. The lowest BCUT2D eigenvalue weighted by Crippen LogP contribution is -2.35. The van der Waals surface area contributed by atoms with Gasteiger partial charge in [0.15, 0.2) is 5.11 Å². The second-order valence-corrected chi connectivity index (χ2v) is 5.72. The minimum atomic E-state index is 0.614. The minimum Gasteiger partial charge on any atom is -0.362 e. The Morgan fingerprint density at radius 3 is 2.76 bits per heavy atom. The van der Waals surface area contributed by atoms with Gasteiger partial charge in [-0.2, -0.15) is 5.10 Å². The van der Waals surface area contributed by atoms with E-state index in [1.165, 1.54) is 18.6 Å². The summed E-state index contributed by atoms with van der Waals surface area (Å²) >= 11 is 5.13. The fraction of sp³-hybridized carbons (Fsp3) is 0.846. The van der Waals surface area contributed by atoms with E-state index in [4.69, 9.17) is 12.2 Å². The van der Waals surface area contributed by atoms with Crippen LogP contribution in [0.3, 0.4) is 0 Å². The molecular formula is C13H25N3S. The van der Waals surface area contributed by atoms with Crippen molar-refractivity contribution < 1.29 is 0 Å². The van der Waals surface area contributed by atoms with Gasteiger partial charge in [0.05, 0.1) is 0 Å². The van der Waals surface area contributed by atoms with Gasteiger partial charge in [-0.3, -0.25) is 5.43 Å². The van der Waals surface area contributed by atoms with Gasteiger partial charge in [0.2, 0.25) is 0 Å². The van der Waals surface area contributed by atoms with Crippen LogP contribution in [0.25, 0.3) is 0 Å². The highest BCUT2D eigenvalue weighted by molar-refractivity contribution is 7.80. The molecule has 1 saturated carbocycles. The van der Waals surface area contributed by atoms with Crippen LogP contribution in [-0.4, -0.2) is 17.4 Å². The molecule has 1 fully saturated rings. The zero-order valence-corrected chi connectivity index (χ0v) is 12.2. The van der Waals surface area contributed by atoms with Crippen molar-refractivity contribution in [2.45, 2.75) is 47.0 Å². The van der Waals surface area contributed by atoms with Crippen LogP contribution in [0.15, 0.2) is 5.10 Å². The zero-order valence-electron chi connectivity index (χ0n) is 11.4. The molecule has 0 unspecified atom stereocenters. The maximum absolute atomic E-state index is 5.13. The number of rotatable bonds is 3. The normalized spacial score (nSPS) is 27.2. The Morgan fingerprint density at radius 1 is 1.47 bits per heavy atom. The van der Waals surface area contributed by atoms with Crippen LogP contribution in [0.4, 0.5) is 0 Å². The van der Waals surface area contributed by atoms with E-state index in [0.717, 1.165) is 18.9 Å². The van der Waals surface area contributed by atoms with E-state index >= 15 is 0 Å². The van der Waals surface area contributed by atoms with Gasteiger partial charge in [-0.15, -0.1) is 0 Å². The zero-order chi connectivity index (χ0) is 12.8. The number of nitrogens with zero attached hydrogens (tertiary/aromatic N) is 1. The van der Waals surface area contributed by atoms with Crippen molar-refractivity contribution in [1.29, 1.82) is 0 Å². The third-order valence-electron chi connectivity index (χ3n) is 3.40. The number of hydrogen-bond acceptors (Lipinski definition) is 2. The molecule has 0 radical (unpaired) electrons. The van der Waals surface area contributed by atoms with E-state index in [-0.39, 0.29) is 0 Å². The summed E-state index contributed by atoms with van der Waals surface area (Å²) in [5.41, 5.74) is 4.26. The molecule has 0 aliphatic heterocycles. The van der Waals surface area contributed by atoms with E-state index in [1.807, 2.05) is 6.92 Å². The van der Waals surface area contributed by atoms with Crippen LogP contribution >= 0.6 is 12.2 Å². The van der Waals surface area contributed by atoms with Crippen molar-refractivity contribution in [2.24, 2.45) is 22.9 Å². The maximum Gasteiger partial charge on any atom is 0.186 e. The maximum atomic E-state index is 5.13. The molecule has 0 aromatic carbocycles. The SMILES string of the molecule is CCNC(=S)N/N=C1/C[C@H](C)CC[C@H]1C(C)C. The summed E-state index contributed by atoms with van der Waals surface area (Å²) in [7, 11) is 0. The third-order valence-corrected chi connectivity index (χ3v) is 3.63. The van der Waals surface area contributed by atoms with Crippen LogP contribution in [0, 0.1) is 17.8 Å². The molecule has 98 valence electrons. The van der Waals surface area contributed by atoms with Crippen molar-refractivity contribution in [1.82, 2.24) is 10.7 Å². The van der Waals surface area contributed by atoms with Crippen molar-refractivity contribution in [2.75, 3.05) is 6.54 Å². The molecule has 1 aliphatic rings.